The summed E-state index contributed by atoms with van der Waals surface area (Å²) >= 11 is 3.34. The summed E-state index contributed by atoms with van der Waals surface area (Å²) in [5.74, 6) is 0.0806. The van der Waals surface area contributed by atoms with Gasteiger partial charge in [0.05, 0.1) is 18.4 Å². The third-order valence-electron chi connectivity index (χ3n) is 2.59. The number of hydrogen-bond donors (Lipinski definition) is 1. The summed E-state index contributed by atoms with van der Waals surface area (Å²) in [5, 5.41) is 0. The number of rotatable bonds is 4. The van der Waals surface area contributed by atoms with Gasteiger partial charge in [0.2, 0.25) is 0 Å². The number of nitrogens with two attached hydrogens (primary N) is 1. The van der Waals surface area contributed by atoms with Crippen molar-refractivity contribution in [3.63, 3.8) is 0 Å². The molecule has 2 aromatic rings. The van der Waals surface area contributed by atoms with Gasteiger partial charge in [-0.05, 0) is 40.2 Å². The monoisotopic (exact) mass is 336 g/mol. The Labute approximate surface area is 124 Å². The standard InChI is InChI=1S/C14H13BrN2O3/c1-19-14(18)10-2-3-13(12(16)5-10)20-8-9-4-11(15)7-17-6-9/h2-7H,8,16H2,1H3. The molecular weight excluding hydrogens is 324 g/mol. The van der Waals surface area contributed by atoms with E-state index in [1.807, 2.05) is 6.07 Å². The minimum absolute atomic E-state index is 0.341. The van der Waals surface area contributed by atoms with E-state index >= 15 is 0 Å². The number of nitrogens with zero attached hydrogens (tertiary/aromatic N) is 1. The predicted molar refractivity (Wildman–Crippen MR) is 78.5 cm³/mol. The van der Waals surface area contributed by atoms with Gasteiger partial charge in [0.25, 0.3) is 0 Å². The van der Waals surface area contributed by atoms with Gasteiger partial charge in [-0.15, -0.1) is 0 Å². The number of methoxy groups -OCH3 is 1. The summed E-state index contributed by atoms with van der Waals surface area (Å²) in [6.07, 6.45) is 3.41. The van der Waals surface area contributed by atoms with Crippen molar-refractivity contribution >= 4 is 27.6 Å². The van der Waals surface area contributed by atoms with Crippen LogP contribution < -0.4 is 10.5 Å². The highest BCUT2D eigenvalue weighted by Gasteiger charge is 2.09. The van der Waals surface area contributed by atoms with E-state index in [0.717, 1.165) is 10.0 Å². The largest absolute Gasteiger partial charge is 0.487 e. The molecule has 1 aromatic carbocycles. The Morgan fingerprint density at radius 1 is 1.35 bits per heavy atom. The zero-order valence-electron chi connectivity index (χ0n) is 10.8. The zero-order chi connectivity index (χ0) is 14.5. The molecule has 0 saturated heterocycles. The van der Waals surface area contributed by atoms with Crippen molar-refractivity contribution in [2.24, 2.45) is 0 Å². The maximum absolute atomic E-state index is 11.4. The van der Waals surface area contributed by atoms with Crippen molar-refractivity contribution in [2.45, 2.75) is 6.61 Å². The van der Waals surface area contributed by atoms with Crippen LogP contribution in [0.25, 0.3) is 0 Å². The number of carbonyl (C=O) groups excluding carboxylic acids is 1. The maximum atomic E-state index is 11.4. The van der Waals surface area contributed by atoms with Gasteiger partial charge >= 0.3 is 5.97 Å². The first-order valence-electron chi connectivity index (χ1n) is 5.80. The molecule has 0 radical (unpaired) electrons. The maximum Gasteiger partial charge on any atom is 0.337 e. The van der Waals surface area contributed by atoms with E-state index in [0.29, 0.717) is 23.6 Å². The molecule has 1 heterocycles. The molecule has 0 unspecified atom stereocenters. The van der Waals surface area contributed by atoms with Gasteiger partial charge < -0.3 is 15.2 Å². The Bertz CT molecular complexity index is 632. The molecule has 0 saturated carbocycles. The average molecular weight is 337 g/mol. The van der Waals surface area contributed by atoms with Gasteiger partial charge in [-0.2, -0.15) is 0 Å². The van der Waals surface area contributed by atoms with Crippen molar-refractivity contribution in [3.05, 3.63) is 52.3 Å². The topological polar surface area (TPSA) is 74.4 Å². The fraction of sp³-hybridized carbons (Fsp3) is 0.143. The molecule has 1 aromatic heterocycles. The molecule has 2 N–H and O–H groups in total. The van der Waals surface area contributed by atoms with Crippen LogP contribution in [0.2, 0.25) is 0 Å². The lowest BCUT2D eigenvalue weighted by Crippen LogP contribution is -2.04. The molecule has 0 aliphatic rings. The molecule has 0 amide bonds. The predicted octanol–water partition coefficient (Wildman–Crippen LogP) is 2.79. The quantitative estimate of drug-likeness (QED) is 0.686. The molecule has 104 valence electrons. The molecule has 0 spiro atoms. The van der Waals surface area contributed by atoms with Crippen LogP contribution in [0.1, 0.15) is 15.9 Å². The third-order valence-corrected chi connectivity index (χ3v) is 3.02. The lowest BCUT2D eigenvalue weighted by atomic mass is 10.2. The van der Waals surface area contributed by atoms with Crippen molar-refractivity contribution < 1.29 is 14.3 Å². The number of ether oxygens (including phenoxy) is 2. The fourth-order valence-corrected chi connectivity index (χ4v) is 2.03. The van der Waals surface area contributed by atoms with E-state index in [2.05, 4.69) is 25.7 Å². The number of hydrogen-bond acceptors (Lipinski definition) is 5. The first kappa shape index (κ1) is 14.3. The SMILES string of the molecule is COC(=O)c1ccc(OCc2cncc(Br)c2)c(N)c1. The van der Waals surface area contributed by atoms with Gasteiger partial charge in [-0.25, -0.2) is 4.79 Å². The molecule has 0 aliphatic carbocycles. The lowest BCUT2D eigenvalue weighted by molar-refractivity contribution is 0.0600. The van der Waals surface area contributed by atoms with Gasteiger partial charge in [-0.3, -0.25) is 4.98 Å². The minimum Gasteiger partial charge on any atom is -0.487 e. The summed E-state index contributed by atoms with van der Waals surface area (Å²) in [6, 6.07) is 6.69. The highest BCUT2D eigenvalue weighted by Crippen LogP contribution is 2.24. The van der Waals surface area contributed by atoms with E-state index in [-0.39, 0.29) is 0 Å². The number of pyridine rings is 1. The number of halogens is 1. The molecule has 20 heavy (non-hydrogen) atoms. The number of carbonyl (C=O) groups is 1. The molecule has 6 heteroatoms. The van der Waals surface area contributed by atoms with E-state index in [1.54, 1.807) is 24.5 Å². The van der Waals surface area contributed by atoms with Gasteiger partial charge in [0, 0.05) is 22.4 Å². The number of anilines is 1. The summed E-state index contributed by atoms with van der Waals surface area (Å²) in [5.41, 5.74) is 7.54. The lowest BCUT2D eigenvalue weighted by Gasteiger charge is -2.10. The number of aromatic nitrogens is 1. The number of benzene rings is 1. The molecular formula is C14H13BrN2O3. The summed E-state index contributed by atoms with van der Waals surface area (Å²) in [4.78, 5) is 15.4. The van der Waals surface area contributed by atoms with Gasteiger partial charge in [-0.1, -0.05) is 0 Å². The molecule has 0 fully saturated rings. The molecule has 5 nitrogen and oxygen atoms in total. The van der Waals surface area contributed by atoms with Crippen LogP contribution in [0.5, 0.6) is 5.75 Å². The Balaban J connectivity index is 2.08. The third kappa shape index (κ3) is 3.48. The van der Waals surface area contributed by atoms with Crippen molar-refractivity contribution in [3.8, 4) is 5.75 Å². The van der Waals surface area contributed by atoms with E-state index in [4.69, 9.17) is 10.5 Å². The van der Waals surface area contributed by atoms with Crippen LogP contribution in [0.4, 0.5) is 5.69 Å². The first-order chi connectivity index (χ1) is 9.60. The number of esters is 1. The van der Waals surface area contributed by atoms with Gasteiger partial charge in [0.15, 0.2) is 0 Å². The van der Waals surface area contributed by atoms with Crippen LogP contribution in [0, 0.1) is 0 Å². The van der Waals surface area contributed by atoms with E-state index in [1.165, 1.54) is 13.2 Å². The van der Waals surface area contributed by atoms with Crippen LogP contribution in [0.3, 0.4) is 0 Å². The van der Waals surface area contributed by atoms with Gasteiger partial charge in [0.1, 0.15) is 12.4 Å². The Morgan fingerprint density at radius 2 is 2.15 bits per heavy atom. The second-order valence-electron chi connectivity index (χ2n) is 4.04. The highest BCUT2D eigenvalue weighted by atomic mass is 79.9. The van der Waals surface area contributed by atoms with Crippen LogP contribution in [0.15, 0.2) is 41.1 Å². The average Bonchev–Trinajstić information content (AvgIpc) is 2.45. The summed E-state index contributed by atoms with van der Waals surface area (Å²) in [7, 11) is 1.32. The van der Waals surface area contributed by atoms with Crippen molar-refractivity contribution in [2.75, 3.05) is 12.8 Å². The second-order valence-corrected chi connectivity index (χ2v) is 4.96. The van der Waals surface area contributed by atoms with Crippen molar-refractivity contribution in [1.29, 1.82) is 0 Å². The summed E-state index contributed by atoms with van der Waals surface area (Å²) < 4.78 is 11.1. The second kappa shape index (κ2) is 6.38. The number of nitrogen functional groups attached to an aromatic ring is 1. The van der Waals surface area contributed by atoms with Crippen LogP contribution >= 0.6 is 15.9 Å². The Hall–Kier alpha value is -2.08. The fourth-order valence-electron chi connectivity index (χ4n) is 1.62. The Morgan fingerprint density at radius 3 is 2.80 bits per heavy atom. The normalized spacial score (nSPS) is 10.1. The molecule has 0 aliphatic heterocycles. The highest BCUT2D eigenvalue weighted by molar-refractivity contribution is 9.10. The minimum atomic E-state index is -0.431. The summed E-state index contributed by atoms with van der Waals surface area (Å²) in [6.45, 7) is 0.341. The molecule has 0 bridgehead atoms. The first-order valence-corrected chi connectivity index (χ1v) is 6.59. The van der Waals surface area contributed by atoms with Crippen molar-refractivity contribution in [1.82, 2.24) is 4.98 Å². The van der Waals surface area contributed by atoms with Crippen LogP contribution in [-0.4, -0.2) is 18.1 Å². The molecule has 0 atom stereocenters. The van der Waals surface area contributed by atoms with E-state index < -0.39 is 5.97 Å². The smallest absolute Gasteiger partial charge is 0.337 e. The Kier molecular flexibility index (Phi) is 4.57. The van der Waals surface area contributed by atoms with Crippen LogP contribution in [-0.2, 0) is 11.3 Å². The zero-order valence-corrected chi connectivity index (χ0v) is 12.4. The van der Waals surface area contributed by atoms with E-state index in [9.17, 15) is 4.79 Å². The molecule has 2 rings (SSSR count).